The summed E-state index contributed by atoms with van der Waals surface area (Å²) < 4.78 is 0. The van der Waals surface area contributed by atoms with Crippen LogP contribution in [0, 0.1) is 0 Å². The molecule has 0 saturated heterocycles. The highest BCUT2D eigenvalue weighted by atomic mass is 16.3. The standard InChI is InChI=1S/C10H14N2O2/c1-10(12,8(13)9(11)14)7-5-3-2-4-6-7/h2-6,8,13H,12H2,1H3,(H2,11,14)/t8-,10?/m1/s1. The molecule has 0 aliphatic rings. The van der Waals surface area contributed by atoms with Crippen LogP contribution >= 0.6 is 0 Å². The third-order valence-electron chi connectivity index (χ3n) is 2.23. The van der Waals surface area contributed by atoms with Crippen molar-refractivity contribution < 1.29 is 9.90 Å². The van der Waals surface area contributed by atoms with E-state index in [0.29, 0.717) is 5.56 Å². The molecule has 4 nitrogen and oxygen atoms in total. The summed E-state index contributed by atoms with van der Waals surface area (Å²) in [4.78, 5) is 10.8. The molecule has 5 N–H and O–H groups in total. The zero-order valence-electron chi connectivity index (χ0n) is 7.97. The van der Waals surface area contributed by atoms with E-state index in [4.69, 9.17) is 11.5 Å². The maximum atomic E-state index is 10.8. The molecule has 4 heteroatoms. The third kappa shape index (κ3) is 1.92. The molecule has 0 aliphatic heterocycles. The molecule has 0 aliphatic carbocycles. The molecule has 0 saturated carbocycles. The Morgan fingerprint density at radius 2 is 1.93 bits per heavy atom. The number of carbonyl (C=O) groups excluding carboxylic acids is 1. The summed E-state index contributed by atoms with van der Waals surface area (Å²) in [5, 5.41) is 9.51. The van der Waals surface area contributed by atoms with Crippen molar-refractivity contribution in [2.24, 2.45) is 11.5 Å². The summed E-state index contributed by atoms with van der Waals surface area (Å²) in [6, 6.07) is 8.89. The molecule has 0 aromatic heterocycles. The first kappa shape index (κ1) is 10.7. The number of amides is 1. The van der Waals surface area contributed by atoms with E-state index in [2.05, 4.69) is 0 Å². The second-order valence-corrected chi connectivity index (χ2v) is 3.45. The molecule has 2 atom stereocenters. The molecule has 0 bridgehead atoms. The van der Waals surface area contributed by atoms with Crippen LogP contribution in [0.15, 0.2) is 30.3 Å². The Morgan fingerprint density at radius 3 is 2.36 bits per heavy atom. The van der Waals surface area contributed by atoms with Crippen molar-refractivity contribution in [1.82, 2.24) is 0 Å². The van der Waals surface area contributed by atoms with Gasteiger partial charge in [-0.2, -0.15) is 0 Å². The summed E-state index contributed by atoms with van der Waals surface area (Å²) >= 11 is 0. The van der Waals surface area contributed by atoms with E-state index in [1.54, 1.807) is 31.2 Å². The number of carbonyl (C=O) groups is 1. The van der Waals surface area contributed by atoms with Crippen LogP contribution in [0.4, 0.5) is 0 Å². The normalized spacial score (nSPS) is 17.1. The summed E-state index contributed by atoms with van der Waals surface area (Å²) in [6.07, 6.45) is -1.38. The summed E-state index contributed by atoms with van der Waals surface area (Å²) in [5.74, 6) is -0.821. The summed E-state index contributed by atoms with van der Waals surface area (Å²) in [5.41, 5.74) is 10.3. The fourth-order valence-corrected chi connectivity index (χ4v) is 1.25. The van der Waals surface area contributed by atoms with Gasteiger partial charge in [0.15, 0.2) is 6.10 Å². The van der Waals surface area contributed by atoms with E-state index < -0.39 is 17.6 Å². The van der Waals surface area contributed by atoms with Gasteiger partial charge in [-0.3, -0.25) is 4.79 Å². The molecule has 1 amide bonds. The number of benzene rings is 1. The first-order chi connectivity index (χ1) is 6.46. The highest BCUT2D eigenvalue weighted by molar-refractivity contribution is 5.80. The fraction of sp³-hybridized carbons (Fsp3) is 0.300. The lowest BCUT2D eigenvalue weighted by Gasteiger charge is -2.28. The molecular weight excluding hydrogens is 180 g/mol. The van der Waals surface area contributed by atoms with Crippen LogP contribution in [0.25, 0.3) is 0 Å². The van der Waals surface area contributed by atoms with Gasteiger partial charge in [-0.25, -0.2) is 0 Å². The molecule has 14 heavy (non-hydrogen) atoms. The zero-order valence-corrected chi connectivity index (χ0v) is 7.97. The molecule has 0 heterocycles. The number of nitrogens with two attached hydrogens (primary N) is 2. The van der Waals surface area contributed by atoms with Gasteiger partial charge in [0.1, 0.15) is 0 Å². The van der Waals surface area contributed by atoms with Crippen molar-refractivity contribution in [3.05, 3.63) is 35.9 Å². The van der Waals surface area contributed by atoms with Gasteiger partial charge in [0.25, 0.3) is 0 Å². The van der Waals surface area contributed by atoms with Crippen molar-refractivity contribution >= 4 is 5.91 Å². The van der Waals surface area contributed by atoms with E-state index in [0.717, 1.165) is 0 Å². The van der Waals surface area contributed by atoms with Crippen molar-refractivity contribution in [2.45, 2.75) is 18.6 Å². The van der Waals surface area contributed by atoms with Crippen LogP contribution in [0.1, 0.15) is 12.5 Å². The molecule has 1 rings (SSSR count). The van der Waals surface area contributed by atoms with Gasteiger partial charge in [0, 0.05) is 0 Å². The van der Waals surface area contributed by atoms with Crippen molar-refractivity contribution in [3.8, 4) is 0 Å². The average Bonchev–Trinajstić information content (AvgIpc) is 2.18. The molecule has 0 radical (unpaired) electrons. The van der Waals surface area contributed by atoms with Crippen molar-refractivity contribution in [3.63, 3.8) is 0 Å². The number of rotatable bonds is 3. The van der Waals surface area contributed by atoms with Gasteiger partial charge < -0.3 is 16.6 Å². The molecule has 0 spiro atoms. The zero-order chi connectivity index (χ0) is 10.8. The maximum absolute atomic E-state index is 10.8. The fourth-order valence-electron chi connectivity index (χ4n) is 1.25. The van der Waals surface area contributed by atoms with Gasteiger partial charge in [-0.1, -0.05) is 30.3 Å². The minimum absolute atomic E-state index is 0.673. The van der Waals surface area contributed by atoms with Crippen LogP contribution in [-0.2, 0) is 10.3 Å². The Balaban J connectivity index is 3.02. The molecule has 1 unspecified atom stereocenters. The van der Waals surface area contributed by atoms with Gasteiger partial charge in [0.2, 0.25) is 5.91 Å². The first-order valence-corrected chi connectivity index (χ1v) is 4.28. The topological polar surface area (TPSA) is 89.3 Å². The van der Waals surface area contributed by atoms with Gasteiger partial charge >= 0.3 is 0 Å². The molecule has 0 fully saturated rings. The lowest BCUT2D eigenvalue weighted by molar-refractivity contribution is -0.129. The smallest absolute Gasteiger partial charge is 0.248 e. The Bertz CT molecular complexity index is 322. The molecular formula is C10H14N2O2. The van der Waals surface area contributed by atoms with Crippen molar-refractivity contribution in [2.75, 3.05) is 0 Å². The van der Waals surface area contributed by atoms with Crippen LogP contribution in [0.5, 0.6) is 0 Å². The van der Waals surface area contributed by atoms with Crippen molar-refractivity contribution in [1.29, 1.82) is 0 Å². The highest BCUT2D eigenvalue weighted by Crippen LogP contribution is 2.21. The lowest BCUT2D eigenvalue weighted by Crippen LogP contribution is -2.51. The Hall–Kier alpha value is -1.39. The van der Waals surface area contributed by atoms with Crippen LogP contribution in [-0.4, -0.2) is 17.1 Å². The van der Waals surface area contributed by atoms with E-state index in [1.165, 1.54) is 0 Å². The number of hydrogen-bond acceptors (Lipinski definition) is 3. The Kier molecular flexibility index (Phi) is 2.88. The van der Waals surface area contributed by atoms with Crippen LogP contribution < -0.4 is 11.5 Å². The van der Waals surface area contributed by atoms with Crippen LogP contribution in [0.3, 0.4) is 0 Å². The molecule has 76 valence electrons. The highest BCUT2D eigenvalue weighted by Gasteiger charge is 2.34. The summed E-state index contributed by atoms with van der Waals surface area (Å²) in [7, 11) is 0. The first-order valence-electron chi connectivity index (χ1n) is 4.28. The van der Waals surface area contributed by atoms with Gasteiger partial charge in [-0.15, -0.1) is 0 Å². The third-order valence-corrected chi connectivity index (χ3v) is 2.23. The second kappa shape index (κ2) is 3.77. The SMILES string of the molecule is CC(N)(c1ccccc1)[C@H](O)C(N)=O. The number of primary amides is 1. The number of hydrogen-bond donors (Lipinski definition) is 3. The predicted octanol–water partition coefficient (Wildman–Crippen LogP) is -0.293. The Labute approximate surface area is 82.5 Å². The quantitative estimate of drug-likeness (QED) is 0.617. The average molecular weight is 194 g/mol. The second-order valence-electron chi connectivity index (χ2n) is 3.45. The predicted molar refractivity (Wildman–Crippen MR) is 53.2 cm³/mol. The van der Waals surface area contributed by atoms with Gasteiger partial charge in [0.05, 0.1) is 5.54 Å². The van der Waals surface area contributed by atoms with E-state index in [-0.39, 0.29) is 0 Å². The Morgan fingerprint density at radius 1 is 1.43 bits per heavy atom. The lowest BCUT2D eigenvalue weighted by atomic mass is 9.87. The van der Waals surface area contributed by atoms with E-state index in [9.17, 15) is 9.90 Å². The molecule has 1 aromatic rings. The maximum Gasteiger partial charge on any atom is 0.248 e. The number of aliphatic hydroxyl groups excluding tert-OH is 1. The number of aliphatic hydroxyl groups is 1. The monoisotopic (exact) mass is 194 g/mol. The van der Waals surface area contributed by atoms with E-state index in [1.807, 2.05) is 6.07 Å². The minimum Gasteiger partial charge on any atom is -0.381 e. The van der Waals surface area contributed by atoms with Gasteiger partial charge in [-0.05, 0) is 12.5 Å². The largest absolute Gasteiger partial charge is 0.381 e. The van der Waals surface area contributed by atoms with Crippen LogP contribution in [0.2, 0.25) is 0 Å². The molecule has 1 aromatic carbocycles. The minimum atomic E-state index is -1.38. The van der Waals surface area contributed by atoms with E-state index >= 15 is 0 Å². The summed E-state index contributed by atoms with van der Waals surface area (Å²) in [6.45, 7) is 1.57.